The Morgan fingerprint density at radius 3 is 2.55 bits per heavy atom. The maximum atomic E-state index is 5.86. The van der Waals surface area contributed by atoms with Crippen LogP contribution in [0.25, 0.3) is 0 Å². The molecule has 0 radical (unpaired) electrons. The van der Waals surface area contributed by atoms with Crippen molar-refractivity contribution in [1.29, 1.82) is 0 Å². The van der Waals surface area contributed by atoms with E-state index in [2.05, 4.69) is 29.1 Å². The van der Waals surface area contributed by atoms with E-state index >= 15 is 0 Å². The molecule has 5 heteroatoms. The number of rotatable bonds is 7. The average Bonchev–Trinajstić information content (AvgIpc) is 3.25. The van der Waals surface area contributed by atoms with Crippen LogP contribution in [0, 0.1) is 6.92 Å². The van der Waals surface area contributed by atoms with Crippen molar-refractivity contribution in [3.63, 3.8) is 0 Å². The second kappa shape index (κ2) is 5.95. The van der Waals surface area contributed by atoms with E-state index in [0.717, 1.165) is 23.6 Å². The van der Waals surface area contributed by atoms with Gasteiger partial charge in [0.25, 0.3) is 0 Å². The standard InChI is InChI=1S/C15H25N3O2/c1-10-12(16-4)17-13(11-6-7-11)18-14(10)20-9-8-15(2,3)19-5/h11H,6-9H2,1-5H3,(H,16,17,18). The molecule has 1 aromatic rings. The molecule has 1 saturated carbocycles. The zero-order valence-electron chi connectivity index (χ0n) is 13.1. The largest absolute Gasteiger partial charge is 0.477 e. The molecule has 2 rings (SSSR count). The molecule has 0 bridgehead atoms. The minimum Gasteiger partial charge on any atom is -0.477 e. The molecule has 20 heavy (non-hydrogen) atoms. The summed E-state index contributed by atoms with van der Waals surface area (Å²) in [6, 6.07) is 0. The van der Waals surface area contributed by atoms with E-state index in [9.17, 15) is 0 Å². The molecule has 0 saturated heterocycles. The van der Waals surface area contributed by atoms with Crippen LogP contribution in [-0.4, -0.2) is 36.3 Å². The number of methoxy groups -OCH3 is 1. The summed E-state index contributed by atoms with van der Waals surface area (Å²) in [6.07, 6.45) is 3.19. The average molecular weight is 279 g/mol. The van der Waals surface area contributed by atoms with Gasteiger partial charge in [0, 0.05) is 26.5 Å². The van der Waals surface area contributed by atoms with Gasteiger partial charge in [0.05, 0.1) is 17.8 Å². The topological polar surface area (TPSA) is 56.3 Å². The second-order valence-electron chi connectivity index (χ2n) is 5.95. The highest BCUT2D eigenvalue weighted by atomic mass is 16.5. The lowest BCUT2D eigenvalue weighted by atomic mass is 10.1. The highest BCUT2D eigenvalue weighted by molar-refractivity contribution is 5.48. The number of hydrogen-bond donors (Lipinski definition) is 1. The lowest BCUT2D eigenvalue weighted by Gasteiger charge is -2.23. The van der Waals surface area contributed by atoms with E-state index in [-0.39, 0.29) is 5.60 Å². The lowest BCUT2D eigenvalue weighted by molar-refractivity contribution is 0.00500. The molecular weight excluding hydrogens is 254 g/mol. The summed E-state index contributed by atoms with van der Waals surface area (Å²) < 4.78 is 11.3. The minimum absolute atomic E-state index is 0.175. The maximum Gasteiger partial charge on any atom is 0.221 e. The summed E-state index contributed by atoms with van der Waals surface area (Å²) in [5, 5.41) is 3.12. The summed E-state index contributed by atoms with van der Waals surface area (Å²) in [5.74, 6) is 2.97. The molecule has 1 fully saturated rings. The van der Waals surface area contributed by atoms with Crippen molar-refractivity contribution in [2.24, 2.45) is 0 Å². The van der Waals surface area contributed by atoms with Gasteiger partial charge in [0.2, 0.25) is 5.88 Å². The smallest absolute Gasteiger partial charge is 0.221 e. The van der Waals surface area contributed by atoms with Gasteiger partial charge in [-0.2, -0.15) is 4.98 Å². The van der Waals surface area contributed by atoms with Crippen LogP contribution in [0.15, 0.2) is 0 Å². The molecule has 0 aliphatic heterocycles. The third kappa shape index (κ3) is 3.60. The molecule has 0 aromatic carbocycles. The van der Waals surface area contributed by atoms with Crippen molar-refractivity contribution >= 4 is 5.82 Å². The van der Waals surface area contributed by atoms with E-state index in [1.165, 1.54) is 12.8 Å². The summed E-state index contributed by atoms with van der Waals surface area (Å²) in [7, 11) is 3.60. The molecule has 0 unspecified atom stereocenters. The van der Waals surface area contributed by atoms with Gasteiger partial charge in [0.1, 0.15) is 11.6 Å². The fourth-order valence-corrected chi connectivity index (χ4v) is 1.92. The van der Waals surface area contributed by atoms with Crippen LogP contribution in [0.5, 0.6) is 5.88 Å². The van der Waals surface area contributed by atoms with Crippen LogP contribution < -0.4 is 10.1 Å². The molecule has 1 aliphatic rings. The van der Waals surface area contributed by atoms with Gasteiger partial charge in [0.15, 0.2) is 0 Å². The van der Waals surface area contributed by atoms with Gasteiger partial charge >= 0.3 is 0 Å². The number of nitrogens with one attached hydrogen (secondary N) is 1. The first kappa shape index (κ1) is 15.0. The Hall–Kier alpha value is -1.36. The third-order valence-corrected chi connectivity index (χ3v) is 3.79. The van der Waals surface area contributed by atoms with Gasteiger partial charge in [-0.15, -0.1) is 0 Å². The molecule has 1 N–H and O–H groups in total. The monoisotopic (exact) mass is 279 g/mol. The minimum atomic E-state index is -0.175. The lowest BCUT2D eigenvalue weighted by Crippen LogP contribution is -2.25. The van der Waals surface area contributed by atoms with Crippen molar-refractivity contribution in [3.8, 4) is 5.88 Å². The molecule has 0 spiro atoms. The van der Waals surface area contributed by atoms with Gasteiger partial charge in [-0.05, 0) is 33.6 Å². The number of hydrogen-bond acceptors (Lipinski definition) is 5. The Balaban J connectivity index is 2.08. The van der Waals surface area contributed by atoms with Gasteiger partial charge in [-0.25, -0.2) is 4.98 Å². The number of ether oxygens (including phenoxy) is 2. The van der Waals surface area contributed by atoms with E-state index in [1.54, 1.807) is 7.11 Å². The number of aromatic nitrogens is 2. The predicted octanol–water partition coefficient (Wildman–Crippen LogP) is 2.90. The number of nitrogens with zero attached hydrogens (tertiary/aromatic N) is 2. The fraction of sp³-hybridized carbons (Fsp3) is 0.733. The van der Waals surface area contributed by atoms with Crippen molar-refractivity contribution in [2.75, 3.05) is 26.1 Å². The summed E-state index contributed by atoms with van der Waals surface area (Å²) in [4.78, 5) is 9.13. The Labute approximate surface area is 121 Å². The van der Waals surface area contributed by atoms with E-state index < -0.39 is 0 Å². The Kier molecular flexibility index (Phi) is 4.48. The molecule has 1 aromatic heterocycles. The molecule has 5 nitrogen and oxygen atoms in total. The highest BCUT2D eigenvalue weighted by Gasteiger charge is 2.28. The Morgan fingerprint density at radius 2 is 2.00 bits per heavy atom. The van der Waals surface area contributed by atoms with Crippen molar-refractivity contribution in [3.05, 3.63) is 11.4 Å². The molecule has 1 aliphatic carbocycles. The summed E-state index contributed by atoms with van der Waals surface area (Å²) >= 11 is 0. The van der Waals surface area contributed by atoms with Gasteiger partial charge in [-0.1, -0.05) is 0 Å². The van der Waals surface area contributed by atoms with Crippen molar-refractivity contribution < 1.29 is 9.47 Å². The van der Waals surface area contributed by atoms with Crippen LogP contribution in [0.3, 0.4) is 0 Å². The molecule has 0 amide bonds. The van der Waals surface area contributed by atoms with Crippen molar-refractivity contribution in [1.82, 2.24) is 9.97 Å². The van der Waals surface area contributed by atoms with Crippen LogP contribution in [-0.2, 0) is 4.74 Å². The molecule has 1 heterocycles. The van der Waals surface area contributed by atoms with Crippen LogP contribution in [0.1, 0.15) is 50.4 Å². The Bertz CT molecular complexity index is 470. The van der Waals surface area contributed by atoms with E-state index in [4.69, 9.17) is 9.47 Å². The first-order valence-electron chi connectivity index (χ1n) is 7.21. The normalized spacial score (nSPS) is 15.2. The predicted molar refractivity (Wildman–Crippen MR) is 79.5 cm³/mol. The first-order chi connectivity index (χ1) is 9.46. The van der Waals surface area contributed by atoms with Gasteiger partial charge < -0.3 is 14.8 Å². The van der Waals surface area contributed by atoms with Crippen LogP contribution in [0.2, 0.25) is 0 Å². The first-order valence-corrected chi connectivity index (χ1v) is 7.21. The Morgan fingerprint density at radius 1 is 1.30 bits per heavy atom. The number of anilines is 1. The fourth-order valence-electron chi connectivity index (χ4n) is 1.92. The maximum absolute atomic E-state index is 5.86. The highest BCUT2D eigenvalue weighted by Crippen LogP contribution is 2.39. The molecule has 112 valence electrons. The summed E-state index contributed by atoms with van der Waals surface area (Å²) in [6.45, 7) is 6.68. The quantitative estimate of drug-likeness (QED) is 0.831. The zero-order valence-corrected chi connectivity index (χ0v) is 13.1. The SMILES string of the molecule is CNc1nc(C2CC2)nc(OCCC(C)(C)OC)c1C. The third-order valence-electron chi connectivity index (χ3n) is 3.79. The zero-order chi connectivity index (χ0) is 14.8. The summed E-state index contributed by atoms with van der Waals surface area (Å²) in [5.41, 5.74) is 0.790. The van der Waals surface area contributed by atoms with E-state index in [1.807, 2.05) is 14.0 Å². The van der Waals surface area contributed by atoms with Gasteiger partial charge in [-0.3, -0.25) is 0 Å². The molecular formula is C15H25N3O2. The van der Waals surface area contributed by atoms with Crippen LogP contribution in [0.4, 0.5) is 5.82 Å². The second-order valence-corrected chi connectivity index (χ2v) is 5.95. The molecule has 0 atom stereocenters. The van der Waals surface area contributed by atoms with E-state index in [0.29, 0.717) is 18.4 Å². The van der Waals surface area contributed by atoms with Crippen molar-refractivity contribution in [2.45, 2.75) is 51.6 Å². The van der Waals surface area contributed by atoms with Crippen LogP contribution >= 0.6 is 0 Å².